The first-order valence-corrected chi connectivity index (χ1v) is 6.43. The Morgan fingerprint density at radius 2 is 2.10 bits per heavy atom. The molecule has 0 fully saturated rings. The summed E-state index contributed by atoms with van der Waals surface area (Å²) in [6.45, 7) is 1.82. The summed E-state index contributed by atoms with van der Waals surface area (Å²) in [7, 11) is 0. The van der Waals surface area contributed by atoms with Gasteiger partial charge in [-0.05, 0) is 42.3 Å². The van der Waals surface area contributed by atoms with Crippen molar-refractivity contribution in [1.29, 1.82) is 0 Å². The minimum atomic E-state index is -0.359. The van der Waals surface area contributed by atoms with E-state index in [4.69, 9.17) is 17.3 Å². The molecule has 0 aliphatic heterocycles. The molecule has 0 saturated heterocycles. The molecule has 0 aliphatic carbocycles. The number of anilines is 2. The van der Waals surface area contributed by atoms with Gasteiger partial charge in [-0.25, -0.2) is 4.39 Å². The van der Waals surface area contributed by atoms with E-state index in [9.17, 15) is 9.18 Å². The van der Waals surface area contributed by atoms with E-state index in [1.165, 1.54) is 12.1 Å². The van der Waals surface area contributed by atoms with Crippen LogP contribution in [0.3, 0.4) is 0 Å². The maximum atomic E-state index is 13.0. The average molecular weight is 293 g/mol. The summed E-state index contributed by atoms with van der Waals surface area (Å²) in [5.74, 6) is -0.596. The van der Waals surface area contributed by atoms with Crippen molar-refractivity contribution in [2.45, 2.75) is 13.3 Å². The number of carbonyl (C=O) groups excluding carboxylic acids is 1. The van der Waals surface area contributed by atoms with Gasteiger partial charge in [0.1, 0.15) is 5.82 Å². The predicted octanol–water partition coefficient (Wildman–Crippen LogP) is 3.55. The Balaban J connectivity index is 2.10. The molecule has 0 bridgehead atoms. The van der Waals surface area contributed by atoms with Crippen LogP contribution in [0.25, 0.3) is 0 Å². The van der Waals surface area contributed by atoms with E-state index >= 15 is 0 Å². The van der Waals surface area contributed by atoms with Gasteiger partial charge in [0.25, 0.3) is 0 Å². The fourth-order valence-electron chi connectivity index (χ4n) is 1.87. The lowest BCUT2D eigenvalue weighted by Crippen LogP contribution is -2.15. The largest absolute Gasteiger partial charge is 0.398 e. The standard InChI is InChI=1S/C15H14ClFN2O/c1-9-5-13(18)12(16)8-14(9)19-15(20)7-10-3-2-4-11(17)6-10/h2-6,8H,7,18H2,1H3,(H,19,20). The summed E-state index contributed by atoms with van der Waals surface area (Å²) in [4.78, 5) is 11.9. The van der Waals surface area contributed by atoms with Gasteiger partial charge in [0.05, 0.1) is 17.1 Å². The molecule has 0 atom stereocenters. The molecule has 0 spiro atoms. The summed E-state index contributed by atoms with van der Waals surface area (Å²) < 4.78 is 13.0. The number of hydrogen-bond acceptors (Lipinski definition) is 2. The van der Waals surface area contributed by atoms with Crippen molar-refractivity contribution in [3.63, 3.8) is 0 Å². The zero-order chi connectivity index (χ0) is 14.7. The molecule has 2 aromatic carbocycles. The number of hydrogen-bond donors (Lipinski definition) is 2. The van der Waals surface area contributed by atoms with Gasteiger partial charge in [-0.15, -0.1) is 0 Å². The third-order valence-corrected chi connectivity index (χ3v) is 3.20. The molecular formula is C15H14ClFN2O. The highest BCUT2D eigenvalue weighted by Gasteiger charge is 2.09. The normalized spacial score (nSPS) is 10.3. The SMILES string of the molecule is Cc1cc(N)c(Cl)cc1NC(=O)Cc1cccc(F)c1. The Morgan fingerprint density at radius 3 is 2.80 bits per heavy atom. The van der Waals surface area contributed by atoms with Crippen molar-refractivity contribution < 1.29 is 9.18 Å². The lowest BCUT2D eigenvalue weighted by atomic mass is 10.1. The van der Waals surface area contributed by atoms with E-state index in [0.717, 1.165) is 5.56 Å². The molecule has 0 saturated carbocycles. The Bertz CT molecular complexity index is 658. The molecule has 20 heavy (non-hydrogen) atoms. The maximum Gasteiger partial charge on any atom is 0.228 e. The average Bonchev–Trinajstić information content (AvgIpc) is 2.36. The highest BCUT2D eigenvalue weighted by Crippen LogP contribution is 2.26. The van der Waals surface area contributed by atoms with Crippen molar-refractivity contribution in [2.24, 2.45) is 0 Å². The van der Waals surface area contributed by atoms with E-state index in [1.807, 2.05) is 6.92 Å². The number of rotatable bonds is 3. The zero-order valence-electron chi connectivity index (χ0n) is 10.9. The maximum absolute atomic E-state index is 13.0. The van der Waals surface area contributed by atoms with Crippen LogP contribution in [0.4, 0.5) is 15.8 Å². The Kier molecular flexibility index (Phi) is 4.25. The van der Waals surface area contributed by atoms with Crippen LogP contribution in [0.15, 0.2) is 36.4 Å². The summed E-state index contributed by atoms with van der Waals surface area (Å²) in [5, 5.41) is 3.13. The van der Waals surface area contributed by atoms with Gasteiger partial charge in [0, 0.05) is 5.69 Å². The summed E-state index contributed by atoms with van der Waals surface area (Å²) in [5.41, 5.74) is 8.17. The second-order valence-corrected chi connectivity index (χ2v) is 4.95. The first-order chi connectivity index (χ1) is 9.45. The van der Waals surface area contributed by atoms with Gasteiger partial charge >= 0.3 is 0 Å². The number of amides is 1. The van der Waals surface area contributed by atoms with Crippen molar-refractivity contribution in [1.82, 2.24) is 0 Å². The van der Waals surface area contributed by atoms with E-state index in [2.05, 4.69) is 5.32 Å². The number of aryl methyl sites for hydroxylation is 1. The van der Waals surface area contributed by atoms with E-state index in [0.29, 0.717) is 22.0 Å². The Labute approximate surface area is 121 Å². The van der Waals surface area contributed by atoms with Crippen LogP contribution in [0.1, 0.15) is 11.1 Å². The molecule has 0 unspecified atom stereocenters. The molecule has 104 valence electrons. The molecule has 2 aromatic rings. The molecule has 5 heteroatoms. The van der Waals surface area contributed by atoms with Crippen LogP contribution in [-0.2, 0) is 11.2 Å². The number of benzene rings is 2. The summed E-state index contributed by atoms with van der Waals surface area (Å²) in [6, 6.07) is 9.25. The predicted molar refractivity (Wildman–Crippen MR) is 79.3 cm³/mol. The zero-order valence-corrected chi connectivity index (χ0v) is 11.7. The van der Waals surface area contributed by atoms with Gasteiger partial charge < -0.3 is 11.1 Å². The van der Waals surface area contributed by atoms with Crippen molar-refractivity contribution in [3.8, 4) is 0 Å². The highest BCUT2D eigenvalue weighted by molar-refractivity contribution is 6.33. The number of carbonyl (C=O) groups is 1. The van der Waals surface area contributed by atoms with Crippen LogP contribution in [-0.4, -0.2) is 5.91 Å². The van der Waals surface area contributed by atoms with E-state index in [1.54, 1.807) is 24.3 Å². The molecule has 1 amide bonds. The lowest BCUT2D eigenvalue weighted by molar-refractivity contribution is -0.115. The van der Waals surface area contributed by atoms with E-state index < -0.39 is 0 Å². The molecule has 0 aliphatic rings. The summed E-state index contributed by atoms with van der Waals surface area (Å²) >= 11 is 5.92. The van der Waals surface area contributed by atoms with Gasteiger partial charge in [0.2, 0.25) is 5.91 Å². The van der Waals surface area contributed by atoms with E-state index in [-0.39, 0.29) is 18.1 Å². The number of nitrogen functional groups attached to an aromatic ring is 1. The minimum absolute atomic E-state index is 0.0964. The topological polar surface area (TPSA) is 55.1 Å². The molecule has 0 heterocycles. The Morgan fingerprint density at radius 1 is 1.35 bits per heavy atom. The van der Waals surface area contributed by atoms with Crippen LogP contribution in [0, 0.1) is 12.7 Å². The van der Waals surface area contributed by atoms with Crippen molar-refractivity contribution in [3.05, 3.63) is 58.4 Å². The smallest absolute Gasteiger partial charge is 0.228 e. The van der Waals surface area contributed by atoms with Crippen LogP contribution < -0.4 is 11.1 Å². The summed E-state index contributed by atoms with van der Waals surface area (Å²) in [6.07, 6.45) is 0.0964. The van der Waals surface area contributed by atoms with Gasteiger partial charge in [-0.1, -0.05) is 23.7 Å². The molecule has 0 aromatic heterocycles. The first kappa shape index (κ1) is 14.3. The number of halogens is 2. The van der Waals surface area contributed by atoms with Crippen LogP contribution >= 0.6 is 11.6 Å². The second kappa shape index (κ2) is 5.92. The van der Waals surface area contributed by atoms with Crippen LogP contribution in [0.2, 0.25) is 5.02 Å². The molecule has 3 nitrogen and oxygen atoms in total. The number of nitrogens with one attached hydrogen (secondary N) is 1. The first-order valence-electron chi connectivity index (χ1n) is 6.05. The fourth-order valence-corrected chi connectivity index (χ4v) is 2.03. The van der Waals surface area contributed by atoms with Crippen LogP contribution in [0.5, 0.6) is 0 Å². The fraction of sp³-hybridized carbons (Fsp3) is 0.133. The van der Waals surface area contributed by atoms with Gasteiger partial charge in [-0.3, -0.25) is 4.79 Å². The monoisotopic (exact) mass is 292 g/mol. The molecule has 0 radical (unpaired) electrons. The Hall–Kier alpha value is -2.07. The molecular weight excluding hydrogens is 279 g/mol. The third kappa shape index (κ3) is 3.48. The number of nitrogens with two attached hydrogens (primary N) is 1. The molecule has 3 N–H and O–H groups in total. The highest BCUT2D eigenvalue weighted by atomic mass is 35.5. The third-order valence-electron chi connectivity index (χ3n) is 2.87. The van der Waals surface area contributed by atoms with Crippen molar-refractivity contribution >= 4 is 28.9 Å². The quantitative estimate of drug-likeness (QED) is 0.850. The van der Waals surface area contributed by atoms with Gasteiger partial charge in [-0.2, -0.15) is 0 Å². The van der Waals surface area contributed by atoms with Crippen molar-refractivity contribution in [2.75, 3.05) is 11.1 Å². The van der Waals surface area contributed by atoms with Gasteiger partial charge in [0.15, 0.2) is 0 Å². The second-order valence-electron chi connectivity index (χ2n) is 4.54. The lowest BCUT2D eigenvalue weighted by Gasteiger charge is -2.10. The minimum Gasteiger partial charge on any atom is -0.398 e. The molecule has 2 rings (SSSR count).